The number of likely N-dealkylation sites (tertiary alicyclic amines) is 1. The zero-order valence-electron chi connectivity index (χ0n) is 16.5. The first-order chi connectivity index (χ1) is 13.6. The van der Waals surface area contributed by atoms with E-state index in [2.05, 4.69) is 21.4 Å². The van der Waals surface area contributed by atoms with Gasteiger partial charge in [-0.05, 0) is 43.5 Å². The molecule has 3 heterocycles. The molecule has 6 nitrogen and oxygen atoms in total. The van der Waals surface area contributed by atoms with Crippen molar-refractivity contribution >= 4 is 28.3 Å². The van der Waals surface area contributed by atoms with E-state index < -0.39 is 0 Å². The third-order valence-corrected chi connectivity index (χ3v) is 5.41. The summed E-state index contributed by atoms with van der Waals surface area (Å²) in [5, 5.41) is 4.66. The lowest BCUT2D eigenvalue weighted by Crippen LogP contribution is -2.32. The second kappa shape index (κ2) is 7.92. The second-order valence-electron chi connectivity index (χ2n) is 7.61. The highest BCUT2D eigenvalue weighted by Gasteiger charge is 2.23. The van der Waals surface area contributed by atoms with Crippen LogP contribution in [0.5, 0.6) is 0 Å². The van der Waals surface area contributed by atoms with Gasteiger partial charge in [-0.2, -0.15) is 0 Å². The van der Waals surface area contributed by atoms with Crippen molar-refractivity contribution in [2.75, 3.05) is 37.4 Å². The van der Waals surface area contributed by atoms with Gasteiger partial charge < -0.3 is 20.1 Å². The highest BCUT2D eigenvalue weighted by atomic mass is 16.2. The molecule has 1 aliphatic rings. The van der Waals surface area contributed by atoms with Crippen molar-refractivity contribution in [3.8, 4) is 0 Å². The molecule has 0 saturated carbocycles. The molecule has 2 N–H and O–H groups in total. The molecule has 6 heteroatoms. The number of benzene rings is 1. The van der Waals surface area contributed by atoms with Crippen molar-refractivity contribution in [2.24, 2.45) is 0 Å². The maximum atomic E-state index is 13.1. The maximum Gasteiger partial charge on any atom is 0.255 e. The van der Waals surface area contributed by atoms with E-state index in [9.17, 15) is 4.79 Å². The first-order valence-electron chi connectivity index (χ1n) is 9.87. The standard InChI is InChI=1S/C22H27N5O/c1-26(2)20-9-8-18(15-24-20)25-17-6-4-13-27(14-11-17)22(28)19-7-3-5-16-10-12-23-21(16)19/h3,5,7-10,12,15,17,23,25H,4,6,11,13-14H2,1-2H3. The van der Waals surface area contributed by atoms with Gasteiger partial charge >= 0.3 is 0 Å². The van der Waals surface area contributed by atoms with E-state index in [1.165, 1.54) is 0 Å². The molecule has 1 atom stereocenters. The number of nitrogens with zero attached hydrogens (tertiary/aromatic N) is 3. The fraction of sp³-hybridized carbons (Fsp3) is 0.364. The van der Waals surface area contributed by atoms with Crippen molar-refractivity contribution in [1.82, 2.24) is 14.9 Å². The van der Waals surface area contributed by atoms with Gasteiger partial charge in [0.2, 0.25) is 0 Å². The molecule has 1 fully saturated rings. The van der Waals surface area contributed by atoms with Gasteiger partial charge in [0.1, 0.15) is 5.82 Å². The molecular weight excluding hydrogens is 350 g/mol. The molecule has 3 aromatic rings. The molecule has 146 valence electrons. The monoisotopic (exact) mass is 377 g/mol. The molecular formula is C22H27N5O. The normalized spacial score (nSPS) is 17.4. The minimum atomic E-state index is 0.116. The van der Waals surface area contributed by atoms with E-state index in [-0.39, 0.29) is 5.91 Å². The molecule has 1 aromatic carbocycles. The van der Waals surface area contributed by atoms with Gasteiger partial charge in [-0.15, -0.1) is 0 Å². The van der Waals surface area contributed by atoms with Gasteiger partial charge in [0.25, 0.3) is 5.91 Å². The molecule has 0 aliphatic carbocycles. The van der Waals surface area contributed by atoms with E-state index in [1.807, 2.05) is 66.6 Å². The van der Waals surface area contributed by atoms with Crippen LogP contribution in [-0.4, -0.2) is 54.0 Å². The molecule has 1 unspecified atom stereocenters. The molecule has 4 rings (SSSR count). The topological polar surface area (TPSA) is 64.3 Å². The van der Waals surface area contributed by atoms with Gasteiger partial charge in [-0.3, -0.25) is 4.79 Å². The smallest absolute Gasteiger partial charge is 0.255 e. The van der Waals surface area contributed by atoms with Gasteiger partial charge in [0.05, 0.1) is 23.0 Å². The van der Waals surface area contributed by atoms with Crippen molar-refractivity contribution in [2.45, 2.75) is 25.3 Å². The average molecular weight is 377 g/mol. The SMILES string of the molecule is CN(C)c1ccc(NC2CCCN(C(=O)c3cccc4cc[nH]c34)CC2)cn1. The maximum absolute atomic E-state index is 13.1. The number of carbonyl (C=O) groups excluding carboxylic acids is 1. The van der Waals surface area contributed by atoms with E-state index in [1.54, 1.807) is 0 Å². The third-order valence-electron chi connectivity index (χ3n) is 5.41. The van der Waals surface area contributed by atoms with Crippen molar-refractivity contribution < 1.29 is 4.79 Å². The number of hydrogen-bond donors (Lipinski definition) is 2. The summed E-state index contributed by atoms with van der Waals surface area (Å²) in [5.74, 6) is 1.06. The Kier molecular flexibility index (Phi) is 5.19. The number of amides is 1. The van der Waals surface area contributed by atoms with Crippen molar-refractivity contribution in [3.05, 3.63) is 54.4 Å². The van der Waals surface area contributed by atoms with E-state index in [0.29, 0.717) is 6.04 Å². The number of para-hydroxylation sites is 1. The zero-order valence-corrected chi connectivity index (χ0v) is 16.5. The number of aromatic amines is 1. The molecule has 1 aliphatic heterocycles. The fourth-order valence-corrected chi connectivity index (χ4v) is 3.85. The van der Waals surface area contributed by atoms with Crippen LogP contribution >= 0.6 is 0 Å². The Morgan fingerprint density at radius 3 is 2.86 bits per heavy atom. The highest BCUT2D eigenvalue weighted by Crippen LogP contribution is 2.22. The minimum absolute atomic E-state index is 0.116. The number of nitrogens with one attached hydrogen (secondary N) is 2. The highest BCUT2D eigenvalue weighted by molar-refractivity contribution is 6.05. The molecule has 28 heavy (non-hydrogen) atoms. The lowest BCUT2D eigenvalue weighted by Gasteiger charge is -2.22. The Bertz CT molecular complexity index is 947. The Hall–Kier alpha value is -3.02. The summed E-state index contributed by atoms with van der Waals surface area (Å²) >= 11 is 0. The molecule has 1 amide bonds. The largest absolute Gasteiger partial charge is 0.381 e. The number of anilines is 2. The Morgan fingerprint density at radius 1 is 1.18 bits per heavy atom. The summed E-state index contributed by atoms with van der Waals surface area (Å²) < 4.78 is 0. The van der Waals surface area contributed by atoms with Crippen LogP contribution in [0.1, 0.15) is 29.6 Å². The predicted molar refractivity (Wildman–Crippen MR) is 114 cm³/mol. The summed E-state index contributed by atoms with van der Waals surface area (Å²) in [6.07, 6.45) is 6.75. The minimum Gasteiger partial charge on any atom is -0.381 e. The van der Waals surface area contributed by atoms with E-state index >= 15 is 0 Å². The van der Waals surface area contributed by atoms with E-state index in [0.717, 1.165) is 60.3 Å². The van der Waals surface area contributed by atoms with Crippen LogP contribution in [0.15, 0.2) is 48.8 Å². The van der Waals surface area contributed by atoms with Gasteiger partial charge in [0.15, 0.2) is 0 Å². The van der Waals surface area contributed by atoms with Crippen molar-refractivity contribution in [1.29, 1.82) is 0 Å². The average Bonchev–Trinajstić information content (AvgIpc) is 3.07. The summed E-state index contributed by atoms with van der Waals surface area (Å²) in [6.45, 7) is 1.56. The van der Waals surface area contributed by atoms with Crippen LogP contribution in [0.4, 0.5) is 11.5 Å². The Morgan fingerprint density at radius 2 is 2.07 bits per heavy atom. The summed E-state index contributed by atoms with van der Waals surface area (Å²) in [7, 11) is 3.97. The number of hydrogen-bond acceptors (Lipinski definition) is 4. The lowest BCUT2D eigenvalue weighted by molar-refractivity contribution is 0.0763. The number of H-pyrrole nitrogens is 1. The van der Waals surface area contributed by atoms with Crippen LogP contribution in [0.25, 0.3) is 10.9 Å². The molecule has 2 aromatic heterocycles. The van der Waals surface area contributed by atoms with Gasteiger partial charge in [-0.1, -0.05) is 12.1 Å². The predicted octanol–water partition coefficient (Wildman–Crippen LogP) is 3.74. The van der Waals surface area contributed by atoms with Gasteiger partial charge in [0, 0.05) is 44.8 Å². The first kappa shape index (κ1) is 18.3. The fourth-order valence-electron chi connectivity index (χ4n) is 3.85. The third kappa shape index (κ3) is 3.81. The molecule has 1 saturated heterocycles. The molecule has 0 spiro atoms. The zero-order chi connectivity index (χ0) is 19.5. The Balaban J connectivity index is 1.41. The number of fused-ring (bicyclic) bond motifs is 1. The number of pyridine rings is 1. The Labute approximate surface area is 165 Å². The first-order valence-corrected chi connectivity index (χ1v) is 9.87. The summed E-state index contributed by atoms with van der Waals surface area (Å²) in [6, 6.07) is 12.3. The number of carbonyl (C=O) groups is 1. The van der Waals surface area contributed by atoms with Crippen LogP contribution in [-0.2, 0) is 0 Å². The molecule has 0 bridgehead atoms. The van der Waals surface area contributed by atoms with Crippen LogP contribution < -0.4 is 10.2 Å². The lowest BCUT2D eigenvalue weighted by atomic mass is 10.1. The van der Waals surface area contributed by atoms with Crippen LogP contribution in [0.2, 0.25) is 0 Å². The molecule has 0 radical (unpaired) electrons. The summed E-state index contributed by atoms with van der Waals surface area (Å²) in [4.78, 5) is 24.8. The van der Waals surface area contributed by atoms with Crippen LogP contribution in [0.3, 0.4) is 0 Å². The van der Waals surface area contributed by atoms with E-state index in [4.69, 9.17) is 0 Å². The number of aromatic nitrogens is 2. The summed E-state index contributed by atoms with van der Waals surface area (Å²) in [5.41, 5.74) is 2.72. The van der Waals surface area contributed by atoms with Gasteiger partial charge in [-0.25, -0.2) is 4.98 Å². The van der Waals surface area contributed by atoms with Crippen molar-refractivity contribution in [3.63, 3.8) is 0 Å². The second-order valence-corrected chi connectivity index (χ2v) is 7.61. The number of rotatable bonds is 4. The van der Waals surface area contributed by atoms with Crippen LogP contribution in [0, 0.1) is 0 Å². The quantitative estimate of drug-likeness (QED) is 0.727.